The van der Waals surface area contributed by atoms with Gasteiger partial charge in [0.25, 0.3) is 5.91 Å². The fourth-order valence-corrected chi connectivity index (χ4v) is 1.99. The summed E-state index contributed by atoms with van der Waals surface area (Å²) in [5, 5.41) is 2.12. The van der Waals surface area contributed by atoms with E-state index in [-0.39, 0.29) is 12.6 Å². The average molecular weight is 389 g/mol. The molecule has 0 atom stereocenters. The molecule has 0 spiro atoms. The van der Waals surface area contributed by atoms with Crippen molar-refractivity contribution in [1.82, 2.24) is 5.32 Å². The zero-order chi connectivity index (χ0) is 20.2. The van der Waals surface area contributed by atoms with E-state index in [4.69, 9.17) is 0 Å². The van der Waals surface area contributed by atoms with Crippen molar-refractivity contribution < 1.29 is 35.5 Å². The van der Waals surface area contributed by atoms with Crippen LogP contribution in [0, 0.1) is 17.7 Å². The molecule has 0 heterocycles. The Balaban J connectivity index is 2.17. The maximum absolute atomic E-state index is 12.8. The van der Waals surface area contributed by atoms with Crippen LogP contribution in [0.3, 0.4) is 0 Å². The Kier molecular flexibility index (Phi) is 5.78. The molecule has 0 aliphatic carbocycles. The number of halogens is 7. The minimum absolute atomic E-state index is 0.0644. The van der Waals surface area contributed by atoms with Crippen LogP contribution < -0.4 is 5.32 Å². The number of carbonyl (C=O) groups is 1. The summed E-state index contributed by atoms with van der Waals surface area (Å²) in [6, 6.07) is 5.65. The number of alkyl halides is 6. The highest BCUT2D eigenvalue weighted by atomic mass is 19.4. The maximum Gasteiger partial charge on any atom is 0.416 e. The summed E-state index contributed by atoms with van der Waals surface area (Å²) in [6.07, 6.45) is -10.1. The lowest BCUT2D eigenvalue weighted by molar-refractivity contribution is -0.143. The third-order valence-corrected chi connectivity index (χ3v) is 3.26. The second-order valence-electron chi connectivity index (χ2n) is 5.29. The van der Waals surface area contributed by atoms with E-state index >= 15 is 0 Å². The SMILES string of the molecule is O=C(NCC#Cc1ccc(F)cc1)c1cc(C(F)(F)F)cc(C(F)(F)F)c1. The van der Waals surface area contributed by atoms with Gasteiger partial charge in [0, 0.05) is 11.1 Å². The average Bonchev–Trinajstić information content (AvgIpc) is 2.58. The molecule has 0 saturated heterocycles. The van der Waals surface area contributed by atoms with Crippen LogP contribution in [0.15, 0.2) is 42.5 Å². The Labute approximate surface area is 149 Å². The summed E-state index contributed by atoms with van der Waals surface area (Å²) in [4.78, 5) is 11.9. The molecular formula is C18H10F7NO. The molecule has 1 amide bonds. The molecule has 0 aromatic heterocycles. The van der Waals surface area contributed by atoms with Crippen LogP contribution in [-0.4, -0.2) is 12.5 Å². The molecule has 27 heavy (non-hydrogen) atoms. The Hall–Kier alpha value is -3.02. The van der Waals surface area contributed by atoms with Gasteiger partial charge in [-0.2, -0.15) is 26.3 Å². The first kappa shape index (κ1) is 20.3. The van der Waals surface area contributed by atoms with Gasteiger partial charge in [-0.3, -0.25) is 4.79 Å². The zero-order valence-corrected chi connectivity index (χ0v) is 13.3. The fourth-order valence-electron chi connectivity index (χ4n) is 1.99. The third-order valence-electron chi connectivity index (χ3n) is 3.26. The summed E-state index contributed by atoms with van der Waals surface area (Å²) in [5.74, 6) is 3.41. The number of carbonyl (C=O) groups excluding carboxylic acids is 1. The molecule has 0 radical (unpaired) electrons. The lowest BCUT2D eigenvalue weighted by Crippen LogP contribution is -2.25. The van der Waals surface area contributed by atoms with Gasteiger partial charge in [0.05, 0.1) is 17.7 Å². The molecule has 0 saturated carbocycles. The second-order valence-corrected chi connectivity index (χ2v) is 5.29. The second kappa shape index (κ2) is 7.70. The number of hydrogen-bond donors (Lipinski definition) is 1. The van der Waals surface area contributed by atoms with E-state index in [1.54, 1.807) is 0 Å². The Morgan fingerprint density at radius 3 is 1.89 bits per heavy atom. The van der Waals surface area contributed by atoms with Crippen LogP contribution in [0.25, 0.3) is 0 Å². The van der Waals surface area contributed by atoms with E-state index < -0.39 is 40.8 Å². The normalized spacial score (nSPS) is 11.5. The van der Waals surface area contributed by atoms with Gasteiger partial charge in [0.1, 0.15) is 5.82 Å². The van der Waals surface area contributed by atoms with Gasteiger partial charge in [0.2, 0.25) is 0 Å². The number of nitrogens with one attached hydrogen (secondary N) is 1. The molecule has 0 bridgehead atoms. The van der Waals surface area contributed by atoms with E-state index in [0.29, 0.717) is 17.7 Å². The van der Waals surface area contributed by atoms with E-state index in [1.807, 2.05) is 0 Å². The number of amides is 1. The number of rotatable bonds is 2. The molecule has 2 rings (SSSR count). The molecule has 2 aromatic rings. The van der Waals surface area contributed by atoms with Gasteiger partial charge < -0.3 is 5.32 Å². The van der Waals surface area contributed by atoms with Crippen molar-refractivity contribution in [2.45, 2.75) is 12.4 Å². The smallest absolute Gasteiger partial charge is 0.341 e. The van der Waals surface area contributed by atoms with Crippen LogP contribution in [0.2, 0.25) is 0 Å². The first-order chi connectivity index (χ1) is 12.5. The van der Waals surface area contributed by atoms with Crippen molar-refractivity contribution in [3.05, 3.63) is 70.5 Å². The van der Waals surface area contributed by atoms with Gasteiger partial charge in [-0.25, -0.2) is 4.39 Å². The number of benzene rings is 2. The molecule has 1 N–H and O–H groups in total. The molecule has 0 fully saturated rings. The van der Waals surface area contributed by atoms with Crippen LogP contribution in [0.5, 0.6) is 0 Å². The summed E-state index contributed by atoms with van der Waals surface area (Å²) >= 11 is 0. The molecule has 0 aliphatic rings. The van der Waals surface area contributed by atoms with Crippen molar-refractivity contribution >= 4 is 5.91 Å². The van der Waals surface area contributed by atoms with Crippen molar-refractivity contribution in [1.29, 1.82) is 0 Å². The molecular weight excluding hydrogens is 379 g/mol. The van der Waals surface area contributed by atoms with Gasteiger partial charge in [0.15, 0.2) is 0 Å². The first-order valence-corrected chi connectivity index (χ1v) is 7.29. The topological polar surface area (TPSA) is 29.1 Å². The van der Waals surface area contributed by atoms with Crippen LogP contribution in [-0.2, 0) is 12.4 Å². The molecule has 0 aliphatic heterocycles. The fraction of sp³-hybridized carbons (Fsp3) is 0.167. The maximum atomic E-state index is 12.8. The zero-order valence-electron chi connectivity index (χ0n) is 13.3. The van der Waals surface area contributed by atoms with Gasteiger partial charge in [-0.1, -0.05) is 11.8 Å². The quantitative estimate of drug-likeness (QED) is 0.588. The largest absolute Gasteiger partial charge is 0.416 e. The van der Waals surface area contributed by atoms with Gasteiger partial charge in [-0.05, 0) is 42.5 Å². The standard InChI is InChI=1S/C18H10F7NO/c19-15-5-3-11(4-6-15)2-1-7-26-16(27)12-8-13(17(20,21)22)10-14(9-12)18(23,24)25/h3-6,8-10H,7H2,(H,26,27). The van der Waals surface area contributed by atoms with Crippen molar-refractivity contribution in [3.8, 4) is 11.8 Å². The van der Waals surface area contributed by atoms with Crippen molar-refractivity contribution in [2.75, 3.05) is 6.54 Å². The Bertz CT molecular complexity index is 855. The van der Waals surface area contributed by atoms with Gasteiger partial charge in [-0.15, -0.1) is 0 Å². The van der Waals surface area contributed by atoms with Gasteiger partial charge >= 0.3 is 12.4 Å². The Morgan fingerprint density at radius 1 is 0.889 bits per heavy atom. The minimum atomic E-state index is -5.04. The van der Waals surface area contributed by atoms with Crippen molar-refractivity contribution in [3.63, 3.8) is 0 Å². The summed E-state index contributed by atoms with van der Waals surface area (Å²) in [7, 11) is 0. The molecule has 142 valence electrons. The molecule has 2 aromatic carbocycles. The monoisotopic (exact) mass is 389 g/mol. The highest BCUT2D eigenvalue weighted by molar-refractivity contribution is 5.94. The first-order valence-electron chi connectivity index (χ1n) is 7.29. The molecule has 0 unspecified atom stereocenters. The van der Waals surface area contributed by atoms with Crippen LogP contribution in [0.4, 0.5) is 30.7 Å². The van der Waals surface area contributed by atoms with E-state index in [9.17, 15) is 35.5 Å². The molecule has 9 heteroatoms. The highest BCUT2D eigenvalue weighted by Gasteiger charge is 2.37. The summed E-state index contributed by atoms with van der Waals surface area (Å²) < 4.78 is 89.4. The minimum Gasteiger partial charge on any atom is -0.341 e. The Morgan fingerprint density at radius 2 is 1.41 bits per heavy atom. The predicted octanol–water partition coefficient (Wildman–Crippen LogP) is 4.64. The lowest BCUT2D eigenvalue weighted by atomic mass is 10.0. The van der Waals surface area contributed by atoms with Crippen LogP contribution in [0.1, 0.15) is 27.0 Å². The van der Waals surface area contributed by atoms with E-state index in [0.717, 1.165) is 12.1 Å². The summed E-state index contributed by atoms with van der Waals surface area (Å²) in [5.41, 5.74) is -3.54. The molecule has 2 nitrogen and oxygen atoms in total. The number of hydrogen-bond acceptors (Lipinski definition) is 1. The summed E-state index contributed by atoms with van der Waals surface area (Å²) in [6.45, 7) is -0.326. The highest BCUT2D eigenvalue weighted by Crippen LogP contribution is 2.36. The van der Waals surface area contributed by atoms with E-state index in [2.05, 4.69) is 17.2 Å². The van der Waals surface area contributed by atoms with E-state index in [1.165, 1.54) is 12.1 Å². The van der Waals surface area contributed by atoms with Crippen LogP contribution >= 0.6 is 0 Å². The van der Waals surface area contributed by atoms with Crippen molar-refractivity contribution in [2.24, 2.45) is 0 Å². The lowest BCUT2D eigenvalue weighted by Gasteiger charge is -2.13. The third kappa shape index (κ3) is 5.74. The predicted molar refractivity (Wildman–Crippen MR) is 82.1 cm³/mol.